The first-order chi connectivity index (χ1) is 7.65. The van der Waals surface area contributed by atoms with Crippen LogP contribution in [-0.2, 0) is 0 Å². The monoisotopic (exact) mass is 225 g/mol. The highest BCUT2D eigenvalue weighted by molar-refractivity contribution is 5.38. The highest BCUT2D eigenvalue weighted by Crippen LogP contribution is 2.13. The molecule has 1 heterocycles. The van der Waals surface area contributed by atoms with Gasteiger partial charge in [0.1, 0.15) is 11.6 Å². The van der Waals surface area contributed by atoms with Gasteiger partial charge in [0.15, 0.2) is 0 Å². The second-order valence-corrected chi connectivity index (χ2v) is 3.74. The van der Waals surface area contributed by atoms with Crippen LogP contribution in [0.1, 0.15) is 19.7 Å². The Morgan fingerprint density at radius 3 is 2.88 bits per heavy atom. The summed E-state index contributed by atoms with van der Waals surface area (Å²) in [6.07, 6.45) is 0. The first kappa shape index (κ1) is 12.7. The number of hydrogen-bond acceptors (Lipinski definition) is 5. The summed E-state index contributed by atoms with van der Waals surface area (Å²) in [5, 5.41) is 12.1. The molecule has 16 heavy (non-hydrogen) atoms. The van der Waals surface area contributed by atoms with E-state index in [0.717, 1.165) is 5.82 Å². The maximum absolute atomic E-state index is 8.91. The normalized spacial score (nSPS) is 12.2. The maximum atomic E-state index is 8.91. The van der Waals surface area contributed by atoms with Crippen molar-refractivity contribution in [2.45, 2.75) is 20.8 Å². The molecular formula is C11H19N3O2. The average molecular weight is 225 g/mol. The first-order valence-electron chi connectivity index (χ1n) is 5.49. The number of hydrogen-bond donors (Lipinski definition) is 2. The van der Waals surface area contributed by atoms with Crippen molar-refractivity contribution in [3.8, 4) is 5.88 Å². The van der Waals surface area contributed by atoms with Crippen LogP contribution in [0.4, 0.5) is 5.82 Å². The number of nitrogens with one attached hydrogen (secondary N) is 1. The number of anilines is 1. The summed E-state index contributed by atoms with van der Waals surface area (Å²) >= 11 is 0. The van der Waals surface area contributed by atoms with Crippen LogP contribution in [0.25, 0.3) is 0 Å². The summed E-state index contributed by atoms with van der Waals surface area (Å²) < 4.78 is 5.32. The Hall–Kier alpha value is -1.36. The Bertz CT molecular complexity index is 331. The van der Waals surface area contributed by atoms with Crippen molar-refractivity contribution < 1.29 is 9.84 Å². The zero-order chi connectivity index (χ0) is 12.0. The molecule has 1 aromatic rings. The van der Waals surface area contributed by atoms with Crippen LogP contribution in [0, 0.1) is 12.8 Å². The number of nitrogens with zero attached hydrogens (tertiary/aromatic N) is 2. The third kappa shape index (κ3) is 4.02. The van der Waals surface area contributed by atoms with Crippen molar-refractivity contribution in [2.75, 3.05) is 25.1 Å². The largest absolute Gasteiger partial charge is 0.478 e. The summed E-state index contributed by atoms with van der Waals surface area (Å²) in [5.41, 5.74) is 0. The van der Waals surface area contributed by atoms with Gasteiger partial charge in [0.05, 0.1) is 6.61 Å². The van der Waals surface area contributed by atoms with Gasteiger partial charge in [-0.15, -0.1) is 0 Å². The number of rotatable bonds is 6. The fraction of sp³-hybridized carbons (Fsp3) is 0.636. The zero-order valence-corrected chi connectivity index (χ0v) is 10.0. The highest BCUT2D eigenvalue weighted by atomic mass is 16.5. The summed E-state index contributed by atoms with van der Waals surface area (Å²) in [6.45, 7) is 7.13. The number of aliphatic hydroxyl groups is 1. The van der Waals surface area contributed by atoms with Gasteiger partial charge in [0, 0.05) is 19.2 Å². The minimum absolute atomic E-state index is 0.162. The Morgan fingerprint density at radius 2 is 2.25 bits per heavy atom. The van der Waals surface area contributed by atoms with Gasteiger partial charge in [0.25, 0.3) is 0 Å². The van der Waals surface area contributed by atoms with Gasteiger partial charge in [0.2, 0.25) is 5.88 Å². The van der Waals surface area contributed by atoms with Crippen molar-refractivity contribution in [3.05, 3.63) is 11.9 Å². The maximum Gasteiger partial charge on any atom is 0.218 e. The van der Waals surface area contributed by atoms with Gasteiger partial charge >= 0.3 is 0 Å². The Labute approximate surface area is 95.9 Å². The molecule has 0 aliphatic rings. The number of ether oxygens (including phenoxy) is 1. The summed E-state index contributed by atoms with van der Waals surface area (Å²) in [7, 11) is 0. The van der Waals surface area contributed by atoms with E-state index in [1.165, 1.54) is 0 Å². The van der Waals surface area contributed by atoms with Gasteiger partial charge in [-0.1, -0.05) is 6.92 Å². The molecule has 0 amide bonds. The Balaban J connectivity index is 2.64. The van der Waals surface area contributed by atoms with E-state index in [-0.39, 0.29) is 12.5 Å². The molecule has 0 aliphatic heterocycles. The van der Waals surface area contributed by atoms with Crippen molar-refractivity contribution in [2.24, 2.45) is 5.92 Å². The minimum Gasteiger partial charge on any atom is -0.478 e. The Morgan fingerprint density at radius 1 is 1.50 bits per heavy atom. The van der Waals surface area contributed by atoms with Crippen LogP contribution in [0.15, 0.2) is 6.07 Å². The van der Waals surface area contributed by atoms with Crippen LogP contribution in [-0.4, -0.2) is 34.8 Å². The SMILES string of the molecule is CCOc1cc(NCC(C)CO)nc(C)n1. The molecule has 1 atom stereocenters. The van der Waals surface area contributed by atoms with E-state index in [0.29, 0.717) is 24.9 Å². The van der Waals surface area contributed by atoms with E-state index >= 15 is 0 Å². The second kappa shape index (κ2) is 6.27. The zero-order valence-electron chi connectivity index (χ0n) is 10.0. The number of aryl methyl sites for hydroxylation is 1. The van der Waals surface area contributed by atoms with Crippen molar-refractivity contribution in [1.29, 1.82) is 0 Å². The summed E-state index contributed by atoms with van der Waals surface area (Å²) in [6, 6.07) is 1.76. The van der Waals surface area contributed by atoms with Crippen LogP contribution >= 0.6 is 0 Å². The molecule has 0 aliphatic carbocycles. The molecule has 1 aromatic heterocycles. The third-order valence-electron chi connectivity index (χ3n) is 2.05. The summed E-state index contributed by atoms with van der Waals surface area (Å²) in [5.74, 6) is 2.18. The van der Waals surface area contributed by atoms with Gasteiger partial charge in [-0.25, -0.2) is 4.98 Å². The van der Waals surface area contributed by atoms with Gasteiger partial charge in [-0.2, -0.15) is 4.98 Å². The lowest BCUT2D eigenvalue weighted by Gasteiger charge is -2.11. The van der Waals surface area contributed by atoms with Crippen LogP contribution in [0.3, 0.4) is 0 Å². The predicted octanol–water partition coefficient (Wildman–Crippen LogP) is 1.22. The summed E-state index contributed by atoms with van der Waals surface area (Å²) in [4.78, 5) is 8.39. The predicted molar refractivity (Wildman–Crippen MR) is 62.7 cm³/mol. The quantitative estimate of drug-likeness (QED) is 0.762. The molecule has 5 nitrogen and oxygen atoms in total. The Kier molecular flexibility index (Phi) is 4.98. The molecule has 0 saturated heterocycles. The van der Waals surface area contributed by atoms with E-state index in [9.17, 15) is 0 Å². The molecule has 1 rings (SSSR count). The molecule has 0 aromatic carbocycles. The fourth-order valence-corrected chi connectivity index (χ4v) is 1.20. The van der Waals surface area contributed by atoms with Crippen LogP contribution < -0.4 is 10.1 Å². The average Bonchev–Trinajstić information content (AvgIpc) is 2.25. The van der Waals surface area contributed by atoms with Gasteiger partial charge in [-0.05, 0) is 19.8 Å². The highest BCUT2D eigenvalue weighted by Gasteiger charge is 2.04. The second-order valence-electron chi connectivity index (χ2n) is 3.74. The lowest BCUT2D eigenvalue weighted by atomic mass is 10.2. The molecule has 0 radical (unpaired) electrons. The number of aromatic nitrogens is 2. The molecule has 1 unspecified atom stereocenters. The lowest BCUT2D eigenvalue weighted by molar-refractivity contribution is 0.244. The molecule has 0 saturated carbocycles. The molecule has 2 N–H and O–H groups in total. The molecule has 90 valence electrons. The van der Waals surface area contributed by atoms with E-state index in [1.807, 2.05) is 20.8 Å². The van der Waals surface area contributed by atoms with Crippen LogP contribution in [0.2, 0.25) is 0 Å². The molecule has 5 heteroatoms. The van der Waals surface area contributed by atoms with Crippen molar-refractivity contribution in [1.82, 2.24) is 9.97 Å². The lowest BCUT2D eigenvalue weighted by Crippen LogP contribution is -2.15. The van der Waals surface area contributed by atoms with Crippen molar-refractivity contribution >= 4 is 5.82 Å². The smallest absolute Gasteiger partial charge is 0.218 e. The van der Waals surface area contributed by atoms with E-state index in [4.69, 9.17) is 9.84 Å². The molecule has 0 spiro atoms. The molecule has 0 bridgehead atoms. The number of aliphatic hydroxyl groups excluding tert-OH is 1. The first-order valence-corrected chi connectivity index (χ1v) is 5.49. The third-order valence-corrected chi connectivity index (χ3v) is 2.05. The fourth-order valence-electron chi connectivity index (χ4n) is 1.20. The van der Waals surface area contributed by atoms with E-state index < -0.39 is 0 Å². The minimum atomic E-state index is 0.162. The van der Waals surface area contributed by atoms with Gasteiger partial charge < -0.3 is 15.2 Å². The van der Waals surface area contributed by atoms with Crippen molar-refractivity contribution in [3.63, 3.8) is 0 Å². The van der Waals surface area contributed by atoms with E-state index in [2.05, 4.69) is 15.3 Å². The topological polar surface area (TPSA) is 67.3 Å². The van der Waals surface area contributed by atoms with Crippen LogP contribution in [0.5, 0.6) is 5.88 Å². The standard InChI is InChI=1S/C11H19N3O2/c1-4-16-11-5-10(13-9(3)14-11)12-6-8(2)7-15/h5,8,15H,4,6-7H2,1-3H3,(H,12,13,14). The van der Waals surface area contributed by atoms with E-state index in [1.54, 1.807) is 6.07 Å². The van der Waals surface area contributed by atoms with Gasteiger partial charge in [-0.3, -0.25) is 0 Å². The molecule has 0 fully saturated rings. The molecular weight excluding hydrogens is 206 g/mol.